The first kappa shape index (κ1) is 4.14. The van der Waals surface area contributed by atoms with Crippen molar-refractivity contribution in [1.82, 2.24) is 10.6 Å². The summed E-state index contributed by atoms with van der Waals surface area (Å²) in [5, 5.41) is 2.07. The SMILES string of the molecule is C1CN2NOC2S1. The van der Waals surface area contributed by atoms with Crippen molar-refractivity contribution < 1.29 is 4.84 Å². The number of rotatable bonds is 0. The molecule has 0 aliphatic carbocycles. The maximum absolute atomic E-state index is 4.89. The Morgan fingerprint density at radius 3 is 3.14 bits per heavy atom. The molecule has 2 fully saturated rings. The van der Waals surface area contributed by atoms with E-state index >= 15 is 0 Å². The van der Waals surface area contributed by atoms with Gasteiger partial charge in [-0.25, -0.2) is 0 Å². The van der Waals surface area contributed by atoms with E-state index in [1.54, 1.807) is 0 Å². The molecule has 40 valence electrons. The minimum absolute atomic E-state index is 0.333. The second-order valence-corrected chi connectivity index (χ2v) is 2.73. The van der Waals surface area contributed by atoms with Gasteiger partial charge in [0, 0.05) is 12.3 Å². The van der Waals surface area contributed by atoms with Crippen molar-refractivity contribution in [3.63, 3.8) is 0 Å². The van der Waals surface area contributed by atoms with Crippen LogP contribution in [0.2, 0.25) is 0 Å². The molecule has 1 N–H and O–H groups in total. The third kappa shape index (κ3) is 0.481. The van der Waals surface area contributed by atoms with Gasteiger partial charge in [0.05, 0.1) is 0 Å². The molecule has 2 saturated heterocycles. The second kappa shape index (κ2) is 1.35. The van der Waals surface area contributed by atoms with Crippen molar-refractivity contribution in [1.29, 1.82) is 0 Å². The van der Waals surface area contributed by atoms with Crippen LogP contribution in [0.25, 0.3) is 0 Å². The predicted octanol–water partition coefficient (Wildman–Crippen LogP) is -0.231. The molecule has 2 aliphatic rings. The molecule has 0 spiro atoms. The van der Waals surface area contributed by atoms with Crippen LogP contribution in [0.1, 0.15) is 0 Å². The van der Waals surface area contributed by atoms with Gasteiger partial charge < -0.3 is 0 Å². The molecule has 2 heterocycles. The Hall–Kier alpha value is 0.230. The van der Waals surface area contributed by atoms with Gasteiger partial charge in [-0.05, 0) is 0 Å². The van der Waals surface area contributed by atoms with E-state index in [0.717, 1.165) is 6.54 Å². The van der Waals surface area contributed by atoms with E-state index in [2.05, 4.69) is 10.6 Å². The Bertz CT molecular complexity index is 79.0. The monoisotopic (exact) mass is 118 g/mol. The maximum Gasteiger partial charge on any atom is 0.194 e. The minimum atomic E-state index is 0.333. The Labute approximate surface area is 45.9 Å². The Morgan fingerprint density at radius 2 is 2.86 bits per heavy atom. The largest absolute Gasteiger partial charge is 0.255 e. The molecule has 0 aromatic heterocycles. The lowest BCUT2D eigenvalue weighted by molar-refractivity contribution is -0.259. The summed E-state index contributed by atoms with van der Waals surface area (Å²) in [5.74, 6) is 1.19. The van der Waals surface area contributed by atoms with E-state index in [4.69, 9.17) is 4.84 Å². The molecule has 1 unspecified atom stereocenters. The lowest BCUT2D eigenvalue weighted by Gasteiger charge is -2.32. The highest BCUT2D eigenvalue weighted by molar-refractivity contribution is 8.00. The lowest BCUT2D eigenvalue weighted by Crippen LogP contribution is -2.55. The van der Waals surface area contributed by atoms with Crippen LogP contribution in [-0.2, 0) is 4.84 Å². The number of hydrazine groups is 1. The summed E-state index contributed by atoms with van der Waals surface area (Å²) in [5.41, 5.74) is 3.05. The van der Waals surface area contributed by atoms with Crippen LogP contribution in [0, 0.1) is 0 Å². The lowest BCUT2D eigenvalue weighted by atomic mass is 10.7. The van der Waals surface area contributed by atoms with Gasteiger partial charge in [-0.15, -0.1) is 17.4 Å². The van der Waals surface area contributed by atoms with Crippen molar-refractivity contribution in [3.8, 4) is 0 Å². The number of thioether (sulfide) groups is 1. The van der Waals surface area contributed by atoms with E-state index in [1.165, 1.54) is 5.75 Å². The number of hydrogen-bond donors (Lipinski definition) is 1. The fourth-order valence-corrected chi connectivity index (χ4v) is 1.64. The molecule has 2 aliphatic heterocycles. The molecule has 2 rings (SSSR count). The van der Waals surface area contributed by atoms with E-state index in [1.807, 2.05) is 11.8 Å². The topological polar surface area (TPSA) is 24.5 Å². The van der Waals surface area contributed by atoms with Crippen LogP contribution in [0.5, 0.6) is 0 Å². The van der Waals surface area contributed by atoms with Crippen LogP contribution >= 0.6 is 11.8 Å². The Balaban J connectivity index is 2.03. The predicted molar refractivity (Wildman–Crippen MR) is 27.2 cm³/mol. The molecule has 0 radical (unpaired) electrons. The van der Waals surface area contributed by atoms with Gasteiger partial charge in [-0.1, -0.05) is 0 Å². The van der Waals surface area contributed by atoms with Crippen LogP contribution in [-0.4, -0.2) is 22.9 Å². The number of nitrogens with zero attached hydrogens (tertiary/aromatic N) is 1. The van der Waals surface area contributed by atoms with Crippen LogP contribution < -0.4 is 5.59 Å². The summed E-state index contributed by atoms with van der Waals surface area (Å²) in [7, 11) is 0. The highest BCUT2D eigenvalue weighted by Gasteiger charge is 2.34. The second-order valence-electron chi connectivity index (χ2n) is 1.58. The van der Waals surface area contributed by atoms with Crippen molar-refractivity contribution in [2.75, 3.05) is 12.3 Å². The third-order valence-corrected chi connectivity index (χ3v) is 2.17. The maximum atomic E-state index is 4.89. The third-order valence-electron chi connectivity index (χ3n) is 1.12. The van der Waals surface area contributed by atoms with Gasteiger partial charge >= 0.3 is 0 Å². The van der Waals surface area contributed by atoms with Crippen molar-refractivity contribution in [2.45, 2.75) is 5.56 Å². The zero-order valence-electron chi connectivity index (χ0n) is 3.76. The van der Waals surface area contributed by atoms with E-state index < -0.39 is 0 Å². The summed E-state index contributed by atoms with van der Waals surface area (Å²) in [4.78, 5) is 4.89. The first-order chi connectivity index (χ1) is 3.47. The molecule has 4 heteroatoms. The normalized spacial score (nSPS) is 40.3. The smallest absolute Gasteiger partial charge is 0.194 e. The van der Waals surface area contributed by atoms with Gasteiger partial charge in [0.15, 0.2) is 5.56 Å². The fourth-order valence-electron chi connectivity index (χ4n) is 0.697. The summed E-state index contributed by atoms with van der Waals surface area (Å²) >= 11 is 1.83. The number of nitrogens with one attached hydrogen (secondary N) is 1. The van der Waals surface area contributed by atoms with Crippen molar-refractivity contribution in [2.24, 2.45) is 0 Å². The van der Waals surface area contributed by atoms with Crippen LogP contribution in [0.15, 0.2) is 0 Å². The van der Waals surface area contributed by atoms with Gasteiger partial charge in [0.1, 0.15) is 0 Å². The summed E-state index contributed by atoms with van der Waals surface area (Å²) < 4.78 is 0. The molecule has 0 bridgehead atoms. The average Bonchev–Trinajstić information content (AvgIpc) is 1.85. The van der Waals surface area contributed by atoms with Crippen molar-refractivity contribution >= 4 is 11.8 Å². The number of hydrogen-bond acceptors (Lipinski definition) is 4. The highest BCUT2D eigenvalue weighted by Crippen LogP contribution is 2.27. The van der Waals surface area contributed by atoms with Gasteiger partial charge in [0.2, 0.25) is 0 Å². The molecular weight excluding hydrogens is 112 g/mol. The minimum Gasteiger partial charge on any atom is -0.255 e. The molecule has 0 aromatic carbocycles. The summed E-state index contributed by atoms with van der Waals surface area (Å²) in [6.45, 7) is 1.12. The van der Waals surface area contributed by atoms with Gasteiger partial charge in [0.25, 0.3) is 0 Å². The van der Waals surface area contributed by atoms with Crippen LogP contribution in [0.4, 0.5) is 0 Å². The molecule has 3 nitrogen and oxygen atoms in total. The van der Waals surface area contributed by atoms with Crippen molar-refractivity contribution in [3.05, 3.63) is 0 Å². The quantitative estimate of drug-likeness (QED) is 0.475. The van der Waals surface area contributed by atoms with Crippen LogP contribution in [0.3, 0.4) is 0 Å². The molecule has 1 atom stereocenters. The fraction of sp³-hybridized carbons (Fsp3) is 1.00. The summed E-state index contributed by atoms with van der Waals surface area (Å²) in [6.07, 6.45) is 0. The average molecular weight is 118 g/mol. The van der Waals surface area contributed by atoms with Gasteiger partial charge in [-0.3, -0.25) is 4.84 Å². The zero-order chi connectivity index (χ0) is 4.69. The Morgan fingerprint density at radius 1 is 1.86 bits per heavy atom. The first-order valence-corrected chi connectivity index (χ1v) is 3.31. The van der Waals surface area contributed by atoms with E-state index in [9.17, 15) is 0 Å². The number of fused-ring (bicyclic) bond motifs is 1. The molecule has 0 aromatic rings. The Kier molecular flexibility index (Phi) is 0.800. The van der Waals surface area contributed by atoms with E-state index in [-0.39, 0.29) is 0 Å². The standard InChI is InChI=1S/C3H6N2OS/c1-2-7-3-5(1)4-6-3/h3-4H,1-2H2. The molecular formula is C3H6N2OS. The molecule has 7 heavy (non-hydrogen) atoms. The summed E-state index contributed by atoms with van der Waals surface area (Å²) in [6, 6.07) is 0. The molecule has 0 saturated carbocycles. The first-order valence-electron chi connectivity index (χ1n) is 2.26. The van der Waals surface area contributed by atoms with Gasteiger partial charge in [-0.2, -0.15) is 5.01 Å². The highest BCUT2D eigenvalue weighted by atomic mass is 32.2. The van der Waals surface area contributed by atoms with E-state index in [0.29, 0.717) is 5.56 Å². The molecule has 0 amide bonds. The zero-order valence-corrected chi connectivity index (χ0v) is 4.57.